The van der Waals surface area contributed by atoms with Crippen molar-refractivity contribution in [3.63, 3.8) is 0 Å². The highest BCUT2D eigenvalue weighted by Gasteiger charge is 2.14. The van der Waals surface area contributed by atoms with Crippen molar-refractivity contribution in [2.24, 2.45) is 0 Å². The van der Waals surface area contributed by atoms with E-state index in [4.69, 9.17) is 11.6 Å². The second-order valence-corrected chi connectivity index (χ2v) is 6.15. The number of aromatic nitrogens is 4. The van der Waals surface area contributed by atoms with Gasteiger partial charge in [0.2, 0.25) is 5.28 Å². The van der Waals surface area contributed by atoms with Crippen LogP contribution in [-0.2, 0) is 13.0 Å². The number of pyridine rings is 1. The molecule has 0 spiro atoms. The highest BCUT2D eigenvalue weighted by Crippen LogP contribution is 2.24. The van der Waals surface area contributed by atoms with Crippen LogP contribution in [0.25, 0.3) is 5.52 Å². The lowest BCUT2D eigenvalue weighted by molar-refractivity contribution is 0.341. The van der Waals surface area contributed by atoms with E-state index in [1.165, 1.54) is 0 Å². The first-order valence-corrected chi connectivity index (χ1v) is 8.24. The molecule has 5 nitrogen and oxygen atoms in total. The Morgan fingerprint density at radius 1 is 1.33 bits per heavy atom. The number of hydrogen-bond acceptors (Lipinski definition) is 4. The van der Waals surface area contributed by atoms with Gasteiger partial charge < -0.3 is 5.32 Å². The van der Waals surface area contributed by atoms with Gasteiger partial charge in [-0.3, -0.25) is 4.98 Å². The minimum Gasteiger partial charge on any atom is -0.364 e. The van der Waals surface area contributed by atoms with Gasteiger partial charge in [-0.25, -0.2) is 8.91 Å². The summed E-state index contributed by atoms with van der Waals surface area (Å²) in [6.07, 6.45) is 3.81. The van der Waals surface area contributed by atoms with Crippen LogP contribution in [0.4, 0.5) is 10.2 Å². The highest BCUT2D eigenvalue weighted by molar-refractivity contribution is 6.28. The van der Waals surface area contributed by atoms with Crippen LogP contribution in [0.15, 0.2) is 30.6 Å². The van der Waals surface area contributed by atoms with Gasteiger partial charge in [-0.05, 0) is 67.6 Å². The molecule has 7 heteroatoms. The van der Waals surface area contributed by atoms with Crippen molar-refractivity contribution < 1.29 is 4.39 Å². The number of alkyl halides is 1. The first-order valence-electron chi connectivity index (χ1n) is 7.86. The van der Waals surface area contributed by atoms with Gasteiger partial charge in [0.05, 0.1) is 6.17 Å². The highest BCUT2D eigenvalue weighted by atomic mass is 35.5. The minimum atomic E-state index is -0.827. The molecule has 1 N–H and O–H groups in total. The molecule has 1 atom stereocenters. The van der Waals surface area contributed by atoms with E-state index in [1.807, 2.05) is 25.1 Å². The van der Waals surface area contributed by atoms with Crippen LogP contribution in [0, 0.1) is 6.92 Å². The zero-order valence-corrected chi connectivity index (χ0v) is 14.4. The van der Waals surface area contributed by atoms with Crippen LogP contribution in [0.5, 0.6) is 0 Å². The van der Waals surface area contributed by atoms with Crippen LogP contribution < -0.4 is 5.32 Å². The molecule has 3 aromatic heterocycles. The molecule has 126 valence electrons. The van der Waals surface area contributed by atoms with Crippen molar-refractivity contribution in [2.75, 3.05) is 5.32 Å². The Kier molecular flexibility index (Phi) is 4.94. The molecule has 0 aliphatic carbocycles. The number of halogens is 2. The Morgan fingerprint density at radius 3 is 2.79 bits per heavy atom. The third kappa shape index (κ3) is 3.64. The van der Waals surface area contributed by atoms with Crippen molar-refractivity contribution in [3.8, 4) is 0 Å². The Hall–Kier alpha value is -2.21. The molecule has 0 saturated carbocycles. The monoisotopic (exact) mass is 347 g/mol. The summed E-state index contributed by atoms with van der Waals surface area (Å²) in [5.74, 6) is 0.662. The van der Waals surface area contributed by atoms with Crippen molar-refractivity contribution in [1.82, 2.24) is 19.6 Å². The fraction of sp³-hybridized carbons (Fsp3) is 0.353. The van der Waals surface area contributed by atoms with Gasteiger partial charge in [0.1, 0.15) is 5.52 Å². The summed E-state index contributed by atoms with van der Waals surface area (Å²) in [5.41, 5.74) is 3.95. The Morgan fingerprint density at radius 2 is 2.08 bits per heavy atom. The first-order chi connectivity index (χ1) is 11.5. The smallest absolute Gasteiger partial charge is 0.243 e. The summed E-state index contributed by atoms with van der Waals surface area (Å²) in [6, 6.07) is 5.87. The quantitative estimate of drug-likeness (QED) is 0.732. The molecule has 0 radical (unpaired) electrons. The lowest BCUT2D eigenvalue weighted by Gasteiger charge is -2.08. The maximum Gasteiger partial charge on any atom is 0.243 e. The fourth-order valence-corrected chi connectivity index (χ4v) is 2.78. The SMILES string of the molecule is Cc1c(CCC(C)F)cc2c(NCc3ccncc3)nc(Cl)nn12. The third-order valence-electron chi connectivity index (χ3n) is 3.97. The maximum absolute atomic E-state index is 13.2. The predicted octanol–water partition coefficient (Wildman–Crippen LogP) is 3.99. The summed E-state index contributed by atoms with van der Waals surface area (Å²) in [4.78, 5) is 8.30. The molecule has 0 bridgehead atoms. The zero-order chi connectivity index (χ0) is 17.1. The molecule has 0 saturated heterocycles. The average Bonchev–Trinajstić information content (AvgIpc) is 2.88. The maximum atomic E-state index is 13.2. The van der Waals surface area contributed by atoms with Crippen molar-refractivity contribution in [3.05, 3.63) is 52.7 Å². The van der Waals surface area contributed by atoms with Crippen molar-refractivity contribution in [1.29, 1.82) is 0 Å². The van der Waals surface area contributed by atoms with Gasteiger partial charge in [-0.15, -0.1) is 5.10 Å². The summed E-state index contributed by atoms with van der Waals surface area (Å²) < 4.78 is 14.9. The van der Waals surface area contributed by atoms with E-state index < -0.39 is 6.17 Å². The lowest BCUT2D eigenvalue weighted by Crippen LogP contribution is -2.06. The molecular formula is C17H19ClFN5. The van der Waals surface area contributed by atoms with Crippen molar-refractivity contribution in [2.45, 2.75) is 39.4 Å². The molecule has 1 unspecified atom stereocenters. The van der Waals surface area contributed by atoms with E-state index in [9.17, 15) is 4.39 Å². The molecular weight excluding hydrogens is 329 g/mol. The van der Waals surface area contributed by atoms with Gasteiger partial charge in [-0.1, -0.05) is 0 Å². The van der Waals surface area contributed by atoms with Crippen LogP contribution >= 0.6 is 11.6 Å². The molecule has 24 heavy (non-hydrogen) atoms. The number of nitrogens with one attached hydrogen (secondary N) is 1. The van der Waals surface area contributed by atoms with Crippen LogP contribution in [-0.4, -0.2) is 25.8 Å². The predicted molar refractivity (Wildman–Crippen MR) is 93.2 cm³/mol. The second kappa shape index (κ2) is 7.13. The zero-order valence-electron chi connectivity index (χ0n) is 13.6. The lowest BCUT2D eigenvalue weighted by atomic mass is 10.1. The number of aryl methyl sites for hydroxylation is 2. The summed E-state index contributed by atoms with van der Waals surface area (Å²) in [6.45, 7) is 4.14. The largest absolute Gasteiger partial charge is 0.364 e. The second-order valence-electron chi connectivity index (χ2n) is 5.81. The topological polar surface area (TPSA) is 55.1 Å². The van der Waals surface area contributed by atoms with Gasteiger partial charge in [0.25, 0.3) is 0 Å². The molecule has 3 aromatic rings. The molecule has 0 aromatic carbocycles. The summed E-state index contributed by atoms with van der Waals surface area (Å²) in [5, 5.41) is 7.73. The summed E-state index contributed by atoms with van der Waals surface area (Å²) in [7, 11) is 0. The number of hydrogen-bond donors (Lipinski definition) is 1. The molecule has 3 heterocycles. The normalized spacial score (nSPS) is 12.5. The first kappa shape index (κ1) is 16.6. The van der Waals surface area contributed by atoms with Gasteiger partial charge in [-0.2, -0.15) is 4.98 Å². The summed E-state index contributed by atoms with van der Waals surface area (Å²) >= 11 is 6.06. The molecule has 0 fully saturated rings. The van der Waals surface area contributed by atoms with Gasteiger partial charge >= 0.3 is 0 Å². The Balaban J connectivity index is 1.90. The Labute approximate surface area is 144 Å². The number of nitrogens with zero attached hydrogens (tertiary/aromatic N) is 4. The van der Waals surface area contributed by atoms with Crippen LogP contribution in [0.3, 0.4) is 0 Å². The number of rotatable bonds is 6. The van der Waals surface area contributed by atoms with E-state index in [0.717, 1.165) is 22.3 Å². The number of fused-ring (bicyclic) bond motifs is 1. The third-order valence-corrected chi connectivity index (χ3v) is 4.13. The van der Waals surface area contributed by atoms with E-state index in [1.54, 1.807) is 23.8 Å². The van der Waals surface area contributed by atoms with E-state index in [2.05, 4.69) is 20.4 Å². The molecule has 3 rings (SSSR count). The molecule has 0 aliphatic heterocycles. The van der Waals surface area contributed by atoms with Crippen LogP contribution in [0.1, 0.15) is 30.2 Å². The van der Waals surface area contributed by atoms with E-state index in [-0.39, 0.29) is 5.28 Å². The van der Waals surface area contributed by atoms with Gasteiger partial charge in [0, 0.05) is 24.6 Å². The van der Waals surface area contributed by atoms with Crippen LogP contribution in [0.2, 0.25) is 5.28 Å². The average molecular weight is 348 g/mol. The van der Waals surface area contributed by atoms with E-state index in [0.29, 0.717) is 25.2 Å². The van der Waals surface area contributed by atoms with E-state index >= 15 is 0 Å². The fourth-order valence-electron chi connectivity index (χ4n) is 2.62. The van der Waals surface area contributed by atoms with Gasteiger partial charge in [0.15, 0.2) is 5.82 Å². The number of anilines is 1. The van der Waals surface area contributed by atoms with Crippen molar-refractivity contribution >= 4 is 22.9 Å². The molecule has 0 amide bonds. The Bertz CT molecular complexity index is 832. The minimum absolute atomic E-state index is 0.170. The standard InChI is InChI=1S/C17H19ClFN5/c1-11(19)3-4-14-9-15-16(21-10-13-5-7-20-8-6-13)22-17(18)23-24(15)12(14)2/h5-9,11H,3-4,10H2,1-2H3,(H,21,22,23). The molecule has 0 aliphatic rings.